The lowest BCUT2D eigenvalue weighted by Crippen LogP contribution is -2.45. The third kappa shape index (κ3) is 4.07. The van der Waals surface area contributed by atoms with Crippen molar-refractivity contribution < 1.29 is 29.1 Å². The van der Waals surface area contributed by atoms with Crippen LogP contribution in [0.3, 0.4) is 0 Å². The van der Waals surface area contributed by atoms with Crippen LogP contribution in [-0.4, -0.2) is 36.2 Å². The molecule has 0 saturated carbocycles. The second kappa shape index (κ2) is 9.59. The molecule has 1 aliphatic carbocycles. The Labute approximate surface area is 218 Å². The molecule has 3 aliphatic rings. The number of fused-ring (bicyclic) bond motifs is 3. The van der Waals surface area contributed by atoms with Gasteiger partial charge in [-0.1, -0.05) is 37.1 Å². The molecule has 2 saturated heterocycles. The average molecular weight is 587 g/mol. The first-order valence-corrected chi connectivity index (χ1v) is 13.0. The van der Waals surface area contributed by atoms with E-state index in [1.165, 1.54) is 12.0 Å². The lowest BCUT2D eigenvalue weighted by atomic mass is 9.54. The van der Waals surface area contributed by atoms with Gasteiger partial charge < -0.3 is 19.5 Å². The Morgan fingerprint density at radius 2 is 1.91 bits per heavy atom. The fourth-order valence-corrected chi connectivity index (χ4v) is 6.56. The van der Waals surface area contributed by atoms with Crippen LogP contribution in [0.4, 0.5) is 5.69 Å². The number of carbonyl (C=O) groups is 2. The maximum absolute atomic E-state index is 13.7. The van der Waals surface area contributed by atoms with Crippen LogP contribution in [0.1, 0.15) is 44.3 Å². The van der Waals surface area contributed by atoms with E-state index >= 15 is 0 Å². The van der Waals surface area contributed by atoms with Crippen molar-refractivity contribution in [2.45, 2.75) is 38.7 Å². The van der Waals surface area contributed by atoms with Crippen molar-refractivity contribution in [1.82, 2.24) is 0 Å². The van der Waals surface area contributed by atoms with Crippen molar-refractivity contribution in [3.8, 4) is 11.5 Å². The number of imide groups is 1. The molecule has 5 rings (SSSR count). The number of carbonyl (C=O) groups excluding carboxylic acids is 2. The number of phenolic OH excluding ortho intramolecular Hbond substituents is 1. The third-order valence-electron chi connectivity index (χ3n) is 7.42. The highest BCUT2D eigenvalue weighted by molar-refractivity contribution is 14.1. The number of benzene rings is 2. The summed E-state index contributed by atoms with van der Waals surface area (Å²) >= 11 is 2.03. The van der Waals surface area contributed by atoms with Gasteiger partial charge in [0.15, 0.2) is 11.5 Å². The highest BCUT2D eigenvalue weighted by atomic mass is 127. The maximum Gasteiger partial charge on any atom is 0.487 e. The zero-order valence-electron chi connectivity index (χ0n) is 19.6. The number of phenols is 1. The maximum atomic E-state index is 13.7. The van der Waals surface area contributed by atoms with E-state index in [1.54, 1.807) is 24.3 Å². The third-order valence-corrected chi connectivity index (χ3v) is 8.24. The van der Waals surface area contributed by atoms with E-state index in [-0.39, 0.29) is 23.5 Å². The number of nitrogens with zero attached hydrogens (tertiary/aromatic N) is 1. The summed E-state index contributed by atoms with van der Waals surface area (Å²) in [5, 5.41) is 21.4. The van der Waals surface area contributed by atoms with E-state index in [0.717, 1.165) is 29.5 Å². The number of para-hydroxylation sites is 1. The predicted molar refractivity (Wildman–Crippen MR) is 140 cm³/mol. The summed E-state index contributed by atoms with van der Waals surface area (Å²) < 4.78 is 12.0. The van der Waals surface area contributed by atoms with Crippen LogP contribution < -0.4 is 9.64 Å². The number of anilines is 1. The zero-order valence-corrected chi connectivity index (χ0v) is 21.8. The summed E-state index contributed by atoms with van der Waals surface area (Å²) in [6.07, 6.45) is 2.02. The van der Waals surface area contributed by atoms with E-state index in [9.17, 15) is 19.7 Å². The molecule has 2 fully saturated rings. The highest BCUT2D eigenvalue weighted by Gasteiger charge is 2.58. The van der Waals surface area contributed by atoms with Crippen LogP contribution in [0.15, 0.2) is 53.5 Å². The molecule has 0 aromatic heterocycles. The Kier molecular flexibility index (Phi) is 6.67. The molecule has 0 radical (unpaired) electrons. The quantitative estimate of drug-likeness (QED) is 0.306. The molecule has 2 N–H and O–H groups in total. The van der Waals surface area contributed by atoms with Gasteiger partial charge in [0, 0.05) is 0 Å². The fraction of sp³-hybridized carbons (Fsp3) is 0.385. The molecule has 182 valence electrons. The number of aromatic hydroxyl groups is 1. The van der Waals surface area contributed by atoms with Crippen molar-refractivity contribution in [3.05, 3.63) is 62.6 Å². The summed E-state index contributed by atoms with van der Waals surface area (Å²) in [7, 11) is 0.322. The second-order valence-electron chi connectivity index (χ2n) is 9.37. The van der Waals surface area contributed by atoms with Crippen LogP contribution in [0, 0.1) is 21.3 Å². The molecule has 0 spiro atoms. The van der Waals surface area contributed by atoms with Gasteiger partial charge >= 0.3 is 7.12 Å². The minimum Gasteiger partial charge on any atom is -0.504 e. The number of amides is 2. The SMILES string of the molecule is CCCC1=C2B(O)O[C@H](c3cc(I)c(O)c(OC)c3)C[C@H]2[C@H]2C(=O)N(c3ccccc3)C(=O)[C@H]2C1. The van der Waals surface area contributed by atoms with E-state index in [2.05, 4.69) is 6.92 Å². The number of rotatable bonds is 5. The van der Waals surface area contributed by atoms with Crippen LogP contribution >= 0.6 is 22.6 Å². The molecule has 2 amide bonds. The number of ether oxygens (including phenoxy) is 1. The summed E-state index contributed by atoms with van der Waals surface area (Å²) in [5.41, 5.74) is 3.12. The molecular formula is C26H27BINO6. The van der Waals surface area contributed by atoms with Crippen LogP contribution in [0.25, 0.3) is 0 Å². The summed E-state index contributed by atoms with van der Waals surface area (Å²) in [4.78, 5) is 28.6. The molecule has 9 heteroatoms. The summed E-state index contributed by atoms with van der Waals surface area (Å²) in [6.45, 7) is 2.07. The predicted octanol–water partition coefficient (Wildman–Crippen LogP) is 4.41. The molecule has 2 aliphatic heterocycles. The molecule has 0 unspecified atom stereocenters. The highest BCUT2D eigenvalue weighted by Crippen LogP contribution is 2.53. The topological polar surface area (TPSA) is 96.3 Å². The van der Waals surface area contributed by atoms with Crippen molar-refractivity contribution in [3.63, 3.8) is 0 Å². The Balaban J connectivity index is 1.56. The van der Waals surface area contributed by atoms with Crippen molar-refractivity contribution in [1.29, 1.82) is 0 Å². The van der Waals surface area contributed by atoms with Crippen LogP contribution in [0.5, 0.6) is 11.5 Å². The van der Waals surface area contributed by atoms with Gasteiger partial charge in [-0.15, -0.1) is 0 Å². The van der Waals surface area contributed by atoms with Gasteiger partial charge in [-0.2, -0.15) is 0 Å². The van der Waals surface area contributed by atoms with Crippen molar-refractivity contribution in [2.75, 3.05) is 12.0 Å². The van der Waals surface area contributed by atoms with E-state index < -0.39 is 25.1 Å². The van der Waals surface area contributed by atoms with Gasteiger partial charge in [-0.25, -0.2) is 0 Å². The molecule has 4 atom stereocenters. The first-order valence-electron chi connectivity index (χ1n) is 11.9. The van der Waals surface area contributed by atoms with E-state index in [1.807, 2.05) is 40.8 Å². The first kappa shape index (κ1) is 24.3. The Morgan fingerprint density at radius 1 is 1.17 bits per heavy atom. The molecule has 7 nitrogen and oxygen atoms in total. The smallest absolute Gasteiger partial charge is 0.487 e. The lowest BCUT2D eigenvalue weighted by molar-refractivity contribution is -0.123. The zero-order chi connectivity index (χ0) is 24.9. The fourth-order valence-electron chi connectivity index (χ4n) is 5.93. The van der Waals surface area contributed by atoms with E-state index in [4.69, 9.17) is 9.39 Å². The van der Waals surface area contributed by atoms with Crippen molar-refractivity contribution >= 4 is 47.2 Å². The number of hydrogen-bond donors (Lipinski definition) is 2. The van der Waals surface area contributed by atoms with E-state index in [0.29, 0.717) is 27.8 Å². The van der Waals surface area contributed by atoms with Crippen molar-refractivity contribution in [2.24, 2.45) is 17.8 Å². The minimum atomic E-state index is -1.16. The van der Waals surface area contributed by atoms with Gasteiger partial charge in [0.2, 0.25) is 11.8 Å². The number of methoxy groups -OCH3 is 1. The van der Waals surface area contributed by atoms with Gasteiger partial charge in [-0.3, -0.25) is 14.5 Å². The molecular weight excluding hydrogens is 560 g/mol. The molecule has 0 bridgehead atoms. The normalized spacial score (nSPS) is 26.2. The summed E-state index contributed by atoms with van der Waals surface area (Å²) in [5.74, 6) is -1.32. The molecule has 2 aromatic carbocycles. The number of halogens is 1. The van der Waals surface area contributed by atoms with Crippen LogP contribution in [0.2, 0.25) is 0 Å². The standard InChI is InChI=1S/C26H27BINO6/c1-3-7-14-10-18-22(26(32)29(25(18)31)16-8-5-4-6-9-16)17-13-20(35-27(33)23(14)17)15-11-19(28)24(30)21(12-15)34-2/h4-6,8-9,11-12,17-18,20,22,30,33H,3,7,10,13H2,1-2H3/t17-,18-,20-,22+/m0/s1. The average Bonchev–Trinajstić information content (AvgIpc) is 3.10. The van der Waals surface area contributed by atoms with Gasteiger partial charge in [0.1, 0.15) is 0 Å². The van der Waals surface area contributed by atoms with Gasteiger partial charge in [-0.05, 0) is 83.1 Å². The largest absolute Gasteiger partial charge is 0.504 e. The van der Waals surface area contributed by atoms with Crippen LogP contribution in [-0.2, 0) is 14.2 Å². The molecule has 35 heavy (non-hydrogen) atoms. The Bertz CT molecular complexity index is 1200. The van der Waals surface area contributed by atoms with Gasteiger partial charge in [0.05, 0.1) is 34.3 Å². The molecule has 2 aromatic rings. The van der Waals surface area contributed by atoms with Gasteiger partial charge in [0.25, 0.3) is 0 Å². The Hall–Kier alpha value is -2.37. The Morgan fingerprint density at radius 3 is 2.60 bits per heavy atom. The lowest BCUT2D eigenvalue weighted by Gasteiger charge is -2.42. The monoisotopic (exact) mass is 587 g/mol. The minimum absolute atomic E-state index is 0.0480. The number of allylic oxidation sites excluding steroid dienone is 2. The molecule has 2 heterocycles. The first-order chi connectivity index (χ1) is 16.8. The number of hydrogen-bond acceptors (Lipinski definition) is 6. The summed E-state index contributed by atoms with van der Waals surface area (Å²) in [6, 6.07) is 12.6. The second-order valence-corrected chi connectivity index (χ2v) is 10.5.